The third-order valence-corrected chi connectivity index (χ3v) is 3.97. The van der Waals surface area contributed by atoms with Crippen LogP contribution in [0.2, 0.25) is 0 Å². The topological polar surface area (TPSA) is 47.4 Å². The van der Waals surface area contributed by atoms with Crippen LogP contribution in [0.25, 0.3) is 33.0 Å². The molecule has 0 N–H and O–H groups in total. The van der Waals surface area contributed by atoms with Crippen LogP contribution in [0.3, 0.4) is 0 Å². The Morgan fingerprint density at radius 2 is 2.00 bits per heavy atom. The molecular formula is C19H12FN5. The maximum Gasteiger partial charge on any atom is 0.275 e. The molecule has 0 aliphatic heterocycles. The summed E-state index contributed by atoms with van der Waals surface area (Å²) in [5.41, 5.74) is 4.16. The predicted octanol–water partition coefficient (Wildman–Crippen LogP) is 4.46. The second kappa shape index (κ2) is 5.80. The number of benzene rings is 1. The van der Waals surface area contributed by atoms with Gasteiger partial charge in [0, 0.05) is 23.4 Å². The number of aryl methyl sites for hydroxylation is 1. The van der Waals surface area contributed by atoms with E-state index < -0.39 is 0 Å². The summed E-state index contributed by atoms with van der Waals surface area (Å²) in [4.78, 5) is 12.0. The van der Waals surface area contributed by atoms with Crippen LogP contribution in [0.1, 0.15) is 5.56 Å². The van der Waals surface area contributed by atoms with Crippen molar-refractivity contribution in [2.45, 2.75) is 6.92 Å². The molecule has 0 saturated heterocycles. The van der Waals surface area contributed by atoms with Gasteiger partial charge in [-0.25, -0.2) is 9.37 Å². The number of rotatable bonds is 2. The van der Waals surface area contributed by atoms with Crippen LogP contribution in [0.5, 0.6) is 0 Å². The lowest BCUT2D eigenvalue weighted by atomic mass is 10.0. The molecule has 4 aromatic rings. The molecule has 0 atom stereocenters. The molecule has 6 heteroatoms. The molecule has 25 heavy (non-hydrogen) atoms. The molecule has 5 nitrogen and oxygen atoms in total. The normalized spacial score (nSPS) is 10.8. The molecule has 3 heterocycles. The molecule has 0 radical (unpaired) electrons. The number of imidazole rings is 1. The second-order valence-electron chi connectivity index (χ2n) is 5.58. The van der Waals surface area contributed by atoms with Gasteiger partial charge in [0.05, 0.1) is 11.9 Å². The van der Waals surface area contributed by atoms with Crippen molar-refractivity contribution in [2.24, 2.45) is 0 Å². The summed E-state index contributed by atoms with van der Waals surface area (Å²) < 4.78 is 15.1. The fourth-order valence-electron chi connectivity index (χ4n) is 2.72. The lowest BCUT2D eigenvalue weighted by Gasteiger charge is -2.09. The second-order valence-corrected chi connectivity index (χ2v) is 5.58. The van der Waals surface area contributed by atoms with Gasteiger partial charge in [0.2, 0.25) is 5.65 Å². The van der Waals surface area contributed by atoms with Gasteiger partial charge in [-0.05, 0) is 48.9 Å². The first-order valence-electron chi connectivity index (χ1n) is 7.61. The van der Waals surface area contributed by atoms with E-state index in [2.05, 4.69) is 19.9 Å². The highest BCUT2D eigenvalue weighted by Crippen LogP contribution is 2.30. The van der Waals surface area contributed by atoms with E-state index in [-0.39, 0.29) is 5.82 Å². The van der Waals surface area contributed by atoms with E-state index in [1.807, 2.05) is 24.3 Å². The van der Waals surface area contributed by atoms with Gasteiger partial charge in [-0.15, -0.1) is 4.52 Å². The first-order valence-corrected chi connectivity index (χ1v) is 7.61. The highest BCUT2D eigenvalue weighted by atomic mass is 19.1. The molecule has 120 valence electrons. The number of hydrogen-bond donors (Lipinski definition) is 0. The van der Waals surface area contributed by atoms with Gasteiger partial charge in [0.25, 0.3) is 5.82 Å². The molecule has 0 amide bonds. The summed E-state index contributed by atoms with van der Waals surface area (Å²) in [6.07, 6.45) is 3.18. The molecule has 3 aromatic heterocycles. The van der Waals surface area contributed by atoms with E-state index in [9.17, 15) is 4.39 Å². The third kappa shape index (κ3) is 2.52. The van der Waals surface area contributed by atoms with Gasteiger partial charge in [0.1, 0.15) is 11.5 Å². The largest absolute Gasteiger partial charge is 0.360 e. The van der Waals surface area contributed by atoms with Crippen molar-refractivity contribution >= 4 is 11.5 Å². The zero-order valence-electron chi connectivity index (χ0n) is 13.3. The summed E-state index contributed by atoms with van der Waals surface area (Å²) in [6, 6.07) is 12.3. The Bertz CT molecular complexity index is 1140. The summed E-state index contributed by atoms with van der Waals surface area (Å²) in [5.74, 6) is 0.0980. The highest BCUT2D eigenvalue weighted by molar-refractivity contribution is 5.79. The molecule has 0 aliphatic carbocycles. The minimum Gasteiger partial charge on any atom is -0.360 e. The van der Waals surface area contributed by atoms with Crippen LogP contribution < -0.4 is 0 Å². The van der Waals surface area contributed by atoms with Crippen molar-refractivity contribution in [3.05, 3.63) is 77.7 Å². The number of pyridine rings is 1. The molecule has 0 bridgehead atoms. The van der Waals surface area contributed by atoms with Crippen LogP contribution in [-0.2, 0) is 0 Å². The summed E-state index contributed by atoms with van der Waals surface area (Å²) in [6.45, 7) is 8.94. The molecule has 4 rings (SSSR count). The van der Waals surface area contributed by atoms with Gasteiger partial charge in [-0.3, -0.25) is 4.98 Å². The molecule has 0 saturated carbocycles. The number of hydrogen-bond acceptors (Lipinski definition) is 3. The molecule has 0 aliphatic rings. The Morgan fingerprint density at radius 1 is 1.12 bits per heavy atom. The quantitative estimate of drug-likeness (QED) is 0.510. The SMILES string of the molecule is [C-]#[N+]c1cnc2ccc(-c3cccnc3-c3ccc(F)c(C)c3)nn12. The number of halogens is 1. The Labute approximate surface area is 143 Å². The van der Waals surface area contributed by atoms with Crippen molar-refractivity contribution in [1.29, 1.82) is 0 Å². The van der Waals surface area contributed by atoms with Crippen molar-refractivity contribution in [3.8, 4) is 22.5 Å². The van der Waals surface area contributed by atoms with Crippen molar-refractivity contribution in [3.63, 3.8) is 0 Å². The fraction of sp³-hybridized carbons (Fsp3) is 0.0526. The van der Waals surface area contributed by atoms with E-state index in [0.717, 1.165) is 11.1 Å². The zero-order chi connectivity index (χ0) is 17.4. The summed E-state index contributed by atoms with van der Waals surface area (Å²) in [5, 5.41) is 4.53. The summed E-state index contributed by atoms with van der Waals surface area (Å²) in [7, 11) is 0. The Hall–Kier alpha value is -3.59. The zero-order valence-corrected chi connectivity index (χ0v) is 13.3. The molecule has 1 aromatic carbocycles. The lowest BCUT2D eigenvalue weighted by molar-refractivity contribution is 0.619. The predicted molar refractivity (Wildman–Crippen MR) is 92.6 cm³/mol. The van der Waals surface area contributed by atoms with E-state index >= 15 is 0 Å². The van der Waals surface area contributed by atoms with Gasteiger partial charge < -0.3 is 4.85 Å². The Morgan fingerprint density at radius 3 is 2.80 bits per heavy atom. The molecular weight excluding hydrogens is 317 g/mol. The lowest BCUT2D eigenvalue weighted by Crippen LogP contribution is -1.97. The maximum absolute atomic E-state index is 13.6. The third-order valence-electron chi connectivity index (χ3n) is 3.97. The molecule has 0 fully saturated rings. The van der Waals surface area contributed by atoms with Crippen LogP contribution >= 0.6 is 0 Å². The average molecular weight is 329 g/mol. The van der Waals surface area contributed by atoms with Crippen LogP contribution in [0.15, 0.2) is 54.9 Å². The number of aromatic nitrogens is 4. The first-order chi connectivity index (χ1) is 12.2. The van der Waals surface area contributed by atoms with Crippen molar-refractivity contribution < 1.29 is 4.39 Å². The Kier molecular flexibility index (Phi) is 3.47. The smallest absolute Gasteiger partial charge is 0.275 e. The van der Waals surface area contributed by atoms with Gasteiger partial charge in [-0.1, -0.05) is 11.7 Å². The van der Waals surface area contributed by atoms with Crippen molar-refractivity contribution in [1.82, 2.24) is 19.6 Å². The summed E-state index contributed by atoms with van der Waals surface area (Å²) >= 11 is 0. The van der Waals surface area contributed by atoms with Gasteiger partial charge in [0.15, 0.2) is 0 Å². The molecule has 0 spiro atoms. The van der Waals surface area contributed by atoms with E-state index in [0.29, 0.717) is 28.4 Å². The van der Waals surface area contributed by atoms with E-state index in [4.69, 9.17) is 6.57 Å². The first kappa shape index (κ1) is 15.0. The minimum absolute atomic E-state index is 0.249. The minimum atomic E-state index is -0.249. The van der Waals surface area contributed by atoms with E-state index in [1.165, 1.54) is 16.8 Å². The molecule has 0 unspecified atom stereocenters. The van der Waals surface area contributed by atoms with Gasteiger partial charge in [-0.2, -0.15) is 0 Å². The van der Waals surface area contributed by atoms with E-state index in [1.54, 1.807) is 25.3 Å². The fourth-order valence-corrected chi connectivity index (χ4v) is 2.72. The van der Waals surface area contributed by atoms with Crippen LogP contribution in [0, 0.1) is 19.3 Å². The standard InChI is InChI=1S/C19H12FN5/c1-12-10-13(5-6-15(12)20)19-14(4-3-9-22-19)16-7-8-17-23-11-18(21-2)25(17)24-16/h3-11H,1H3. The van der Waals surface area contributed by atoms with Gasteiger partial charge >= 0.3 is 0 Å². The van der Waals surface area contributed by atoms with Crippen LogP contribution in [0.4, 0.5) is 10.2 Å². The Balaban J connectivity index is 1.92. The monoisotopic (exact) mass is 329 g/mol. The highest BCUT2D eigenvalue weighted by Gasteiger charge is 2.14. The van der Waals surface area contributed by atoms with Crippen molar-refractivity contribution in [2.75, 3.05) is 0 Å². The average Bonchev–Trinajstić information content (AvgIpc) is 3.06. The number of fused-ring (bicyclic) bond motifs is 1. The number of nitrogens with zero attached hydrogens (tertiary/aromatic N) is 5. The maximum atomic E-state index is 13.6. The van der Waals surface area contributed by atoms with Crippen LogP contribution in [-0.4, -0.2) is 19.6 Å².